The number of ether oxygens (including phenoxy) is 2. The fourth-order valence-corrected chi connectivity index (χ4v) is 4.22. The maximum atomic E-state index is 13.3. The summed E-state index contributed by atoms with van der Waals surface area (Å²) in [7, 11) is 0. The third-order valence-electron chi connectivity index (χ3n) is 5.92. The maximum Gasteiger partial charge on any atom is 0.232 e. The topological polar surface area (TPSA) is 54.0 Å². The predicted octanol–water partition coefficient (Wildman–Crippen LogP) is 1.24. The highest BCUT2D eigenvalue weighted by molar-refractivity contribution is 5.88. The Morgan fingerprint density at radius 3 is 2.62 bits per heavy atom. The third-order valence-corrected chi connectivity index (χ3v) is 5.92. The van der Waals surface area contributed by atoms with E-state index in [4.69, 9.17) is 9.47 Å². The predicted molar refractivity (Wildman–Crippen MR) is 99.9 cm³/mol. The minimum absolute atomic E-state index is 0.201. The van der Waals surface area contributed by atoms with Gasteiger partial charge in [-0.15, -0.1) is 0 Å². The van der Waals surface area contributed by atoms with Crippen molar-refractivity contribution in [3.05, 3.63) is 23.8 Å². The quantitative estimate of drug-likeness (QED) is 0.880. The lowest BCUT2D eigenvalue weighted by Crippen LogP contribution is -2.50. The Bertz CT molecular complexity index is 670. The molecule has 142 valence electrons. The molecule has 3 heterocycles. The fraction of sp³-hybridized carbons (Fsp3) is 0.650. The number of nitrogens with zero attached hydrogens (tertiary/aromatic N) is 2. The SMILES string of the molecule is CC(C)(C(=O)N1CCC(N2CCNCC2)C1)c1ccc2c(c1)OCCO2. The van der Waals surface area contributed by atoms with E-state index in [0.717, 1.165) is 62.8 Å². The van der Waals surface area contributed by atoms with E-state index in [1.54, 1.807) is 0 Å². The van der Waals surface area contributed by atoms with E-state index >= 15 is 0 Å². The van der Waals surface area contributed by atoms with Crippen LogP contribution in [-0.2, 0) is 10.2 Å². The molecule has 0 aliphatic carbocycles. The van der Waals surface area contributed by atoms with E-state index in [9.17, 15) is 4.79 Å². The second-order valence-corrected chi connectivity index (χ2v) is 7.96. The van der Waals surface area contributed by atoms with Crippen LogP contribution in [0.15, 0.2) is 18.2 Å². The Labute approximate surface area is 155 Å². The van der Waals surface area contributed by atoms with E-state index in [2.05, 4.69) is 10.2 Å². The van der Waals surface area contributed by atoms with Crippen molar-refractivity contribution in [1.82, 2.24) is 15.1 Å². The van der Waals surface area contributed by atoms with Crippen molar-refractivity contribution in [3.63, 3.8) is 0 Å². The van der Waals surface area contributed by atoms with Crippen molar-refractivity contribution >= 4 is 5.91 Å². The van der Waals surface area contributed by atoms with Gasteiger partial charge in [0.2, 0.25) is 5.91 Å². The number of rotatable bonds is 3. The second-order valence-electron chi connectivity index (χ2n) is 7.96. The van der Waals surface area contributed by atoms with E-state index in [0.29, 0.717) is 19.3 Å². The zero-order valence-electron chi connectivity index (χ0n) is 15.8. The molecule has 1 unspecified atom stereocenters. The van der Waals surface area contributed by atoms with Gasteiger partial charge in [-0.2, -0.15) is 0 Å². The number of benzene rings is 1. The lowest BCUT2D eigenvalue weighted by molar-refractivity contribution is -0.135. The van der Waals surface area contributed by atoms with Crippen LogP contribution in [0.1, 0.15) is 25.8 Å². The van der Waals surface area contributed by atoms with Gasteiger partial charge in [-0.1, -0.05) is 6.07 Å². The molecule has 2 saturated heterocycles. The minimum Gasteiger partial charge on any atom is -0.486 e. The lowest BCUT2D eigenvalue weighted by Gasteiger charge is -2.34. The highest BCUT2D eigenvalue weighted by Crippen LogP contribution is 2.36. The van der Waals surface area contributed by atoms with Crippen molar-refractivity contribution < 1.29 is 14.3 Å². The Morgan fingerprint density at radius 2 is 1.85 bits per heavy atom. The molecular formula is C20H29N3O3. The highest BCUT2D eigenvalue weighted by atomic mass is 16.6. The van der Waals surface area contributed by atoms with E-state index in [-0.39, 0.29) is 5.91 Å². The summed E-state index contributed by atoms with van der Waals surface area (Å²) in [4.78, 5) is 17.9. The minimum atomic E-state index is -0.575. The van der Waals surface area contributed by atoms with Crippen molar-refractivity contribution in [2.45, 2.75) is 31.7 Å². The number of nitrogens with one attached hydrogen (secondary N) is 1. The average molecular weight is 359 g/mol. The number of likely N-dealkylation sites (tertiary alicyclic amines) is 1. The largest absolute Gasteiger partial charge is 0.486 e. The first-order valence-corrected chi connectivity index (χ1v) is 9.70. The number of carbonyl (C=O) groups is 1. The Morgan fingerprint density at radius 1 is 1.12 bits per heavy atom. The van der Waals surface area contributed by atoms with Crippen LogP contribution >= 0.6 is 0 Å². The van der Waals surface area contributed by atoms with Gasteiger partial charge in [0.1, 0.15) is 13.2 Å². The van der Waals surface area contributed by atoms with Crippen LogP contribution in [0.3, 0.4) is 0 Å². The van der Waals surface area contributed by atoms with Crippen LogP contribution in [0.25, 0.3) is 0 Å². The van der Waals surface area contributed by atoms with Gasteiger partial charge in [-0.3, -0.25) is 9.69 Å². The van der Waals surface area contributed by atoms with E-state index in [1.165, 1.54) is 0 Å². The summed E-state index contributed by atoms with van der Waals surface area (Å²) >= 11 is 0. The standard InChI is InChI=1S/C20H29N3O3/c1-20(2,15-3-4-17-18(13-15)26-12-11-25-17)19(24)23-8-5-16(14-23)22-9-6-21-7-10-22/h3-4,13,16,21H,5-12,14H2,1-2H3. The molecule has 1 amide bonds. The van der Waals surface area contributed by atoms with Crippen molar-refractivity contribution in [2.75, 3.05) is 52.5 Å². The Hall–Kier alpha value is -1.79. The second kappa shape index (κ2) is 7.08. The summed E-state index contributed by atoms with van der Waals surface area (Å²) < 4.78 is 11.3. The Kier molecular flexibility index (Phi) is 4.80. The molecule has 1 aromatic carbocycles. The van der Waals surface area contributed by atoms with E-state index < -0.39 is 5.41 Å². The van der Waals surface area contributed by atoms with Gasteiger partial charge in [-0.25, -0.2) is 0 Å². The summed E-state index contributed by atoms with van der Waals surface area (Å²) in [5.41, 5.74) is 0.408. The van der Waals surface area contributed by atoms with Gasteiger partial charge >= 0.3 is 0 Å². The van der Waals surface area contributed by atoms with Crippen LogP contribution in [0.2, 0.25) is 0 Å². The smallest absolute Gasteiger partial charge is 0.232 e. The first kappa shape index (κ1) is 17.6. The Balaban J connectivity index is 1.46. The normalized spacial score (nSPS) is 23.9. The number of hydrogen-bond acceptors (Lipinski definition) is 5. The van der Waals surface area contributed by atoms with Gasteiger partial charge in [-0.05, 0) is 38.0 Å². The molecule has 0 spiro atoms. The zero-order chi connectivity index (χ0) is 18.1. The number of carbonyl (C=O) groups excluding carboxylic acids is 1. The average Bonchev–Trinajstić information content (AvgIpc) is 3.17. The van der Waals surface area contributed by atoms with Crippen LogP contribution in [0.4, 0.5) is 0 Å². The molecule has 26 heavy (non-hydrogen) atoms. The van der Waals surface area contributed by atoms with Gasteiger partial charge in [0.25, 0.3) is 0 Å². The molecule has 0 bridgehead atoms. The number of amides is 1. The molecule has 2 fully saturated rings. The van der Waals surface area contributed by atoms with Crippen molar-refractivity contribution in [3.8, 4) is 11.5 Å². The zero-order valence-corrected chi connectivity index (χ0v) is 15.8. The van der Waals surface area contributed by atoms with E-state index in [1.807, 2.05) is 36.9 Å². The summed E-state index contributed by atoms with van der Waals surface area (Å²) in [6, 6.07) is 6.38. The first-order chi connectivity index (χ1) is 12.6. The first-order valence-electron chi connectivity index (χ1n) is 9.70. The summed E-state index contributed by atoms with van der Waals surface area (Å²) in [5.74, 6) is 1.71. The molecule has 1 N–H and O–H groups in total. The molecule has 3 aliphatic rings. The van der Waals surface area contributed by atoms with Crippen molar-refractivity contribution in [1.29, 1.82) is 0 Å². The molecule has 3 aliphatic heterocycles. The monoisotopic (exact) mass is 359 g/mol. The molecule has 4 rings (SSSR count). The molecule has 1 atom stereocenters. The van der Waals surface area contributed by atoms with Gasteiger partial charge in [0.05, 0.1) is 5.41 Å². The summed E-state index contributed by atoms with van der Waals surface area (Å²) in [6.07, 6.45) is 1.07. The summed E-state index contributed by atoms with van der Waals surface area (Å²) in [6.45, 7) is 11.1. The summed E-state index contributed by atoms with van der Waals surface area (Å²) in [5, 5.41) is 3.40. The lowest BCUT2D eigenvalue weighted by atomic mass is 9.83. The van der Waals surface area contributed by atoms with Gasteiger partial charge < -0.3 is 19.7 Å². The number of fused-ring (bicyclic) bond motifs is 1. The number of piperazine rings is 1. The van der Waals surface area contributed by atoms with Crippen LogP contribution in [0.5, 0.6) is 11.5 Å². The molecule has 6 nitrogen and oxygen atoms in total. The van der Waals surface area contributed by atoms with Crippen LogP contribution in [0, 0.1) is 0 Å². The van der Waals surface area contributed by atoms with Gasteiger partial charge in [0.15, 0.2) is 11.5 Å². The highest BCUT2D eigenvalue weighted by Gasteiger charge is 2.39. The van der Waals surface area contributed by atoms with Crippen molar-refractivity contribution in [2.24, 2.45) is 0 Å². The third kappa shape index (κ3) is 3.28. The molecule has 1 aromatic rings. The van der Waals surface area contributed by atoms with Crippen LogP contribution < -0.4 is 14.8 Å². The van der Waals surface area contributed by atoms with Crippen LogP contribution in [-0.4, -0.2) is 74.2 Å². The fourth-order valence-electron chi connectivity index (χ4n) is 4.22. The molecule has 6 heteroatoms. The molecule has 0 aromatic heterocycles. The molecular weight excluding hydrogens is 330 g/mol. The molecule has 0 saturated carbocycles. The van der Waals surface area contributed by atoms with Gasteiger partial charge in [0, 0.05) is 45.3 Å². The molecule has 0 radical (unpaired) electrons. The number of hydrogen-bond donors (Lipinski definition) is 1. The maximum absolute atomic E-state index is 13.3.